The molecule has 3 heteroatoms. The number of hydrogen-bond acceptors (Lipinski definition) is 3. The number of para-hydroxylation sites is 1. The largest absolute Gasteiger partial charge is 0.382 e. The van der Waals surface area contributed by atoms with Gasteiger partial charge >= 0.3 is 0 Å². The minimum absolute atomic E-state index is 0.407. The summed E-state index contributed by atoms with van der Waals surface area (Å²) < 4.78 is 5.68. The predicted octanol–water partition coefficient (Wildman–Crippen LogP) is 4.31. The maximum atomic E-state index is 5.68. The molecular formula is C16H23NOS. The van der Waals surface area contributed by atoms with Crippen LogP contribution in [0.15, 0.2) is 29.2 Å². The molecule has 2 aliphatic rings. The second-order valence-corrected chi connectivity index (χ2v) is 6.88. The summed E-state index contributed by atoms with van der Waals surface area (Å²) in [4.78, 5) is 1.41. The predicted molar refractivity (Wildman–Crippen MR) is 82.0 cm³/mol. The van der Waals surface area contributed by atoms with E-state index in [2.05, 4.69) is 41.3 Å². The van der Waals surface area contributed by atoms with Crippen molar-refractivity contribution in [1.82, 2.24) is 0 Å². The highest BCUT2D eigenvalue weighted by atomic mass is 32.2. The first-order valence-electron chi connectivity index (χ1n) is 7.53. The molecule has 1 saturated carbocycles. The standard InChI is InChI=1S/C16H23NOS/c1-2-8-14(7-1)19-16-10-4-3-9-15(16)17-12-13-6-5-11-18-13/h3-4,9-10,13-14,17H,1-2,5-8,11-12H2. The van der Waals surface area contributed by atoms with Gasteiger partial charge in [0.15, 0.2) is 0 Å². The van der Waals surface area contributed by atoms with Gasteiger partial charge in [0.2, 0.25) is 0 Å². The highest BCUT2D eigenvalue weighted by Crippen LogP contribution is 2.38. The van der Waals surface area contributed by atoms with Crippen molar-refractivity contribution in [2.45, 2.75) is 54.8 Å². The normalized spacial score (nSPS) is 23.9. The highest BCUT2D eigenvalue weighted by molar-refractivity contribution is 8.00. The van der Waals surface area contributed by atoms with Gasteiger partial charge in [0.25, 0.3) is 0 Å². The van der Waals surface area contributed by atoms with Crippen LogP contribution < -0.4 is 5.32 Å². The molecule has 2 nitrogen and oxygen atoms in total. The molecule has 0 spiro atoms. The van der Waals surface area contributed by atoms with Gasteiger partial charge in [-0.25, -0.2) is 0 Å². The topological polar surface area (TPSA) is 21.3 Å². The molecule has 2 fully saturated rings. The third-order valence-corrected chi connectivity index (χ3v) is 5.44. The second-order valence-electron chi connectivity index (χ2n) is 5.54. The molecule has 1 aromatic rings. The van der Waals surface area contributed by atoms with E-state index in [-0.39, 0.29) is 0 Å². The van der Waals surface area contributed by atoms with Crippen LogP contribution in [0.3, 0.4) is 0 Å². The molecule has 104 valence electrons. The number of hydrogen-bond donors (Lipinski definition) is 1. The lowest BCUT2D eigenvalue weighted by Gasteiger charge is -2.16. The number of nitrogens with one attached hydrogen (secondary N) is 1. The zero-order valence-corrected chi connectivity index (χ0v) is 12.3. The molecule has 1 atom stereocenters. The minimum Gasteiger partial charge on any atom is -0.382 e. The van der Waals surface area contributed by atoms with Gasteiger partial charge in [-0.15, -0.1) is 11.8 Å². The number of benzene rings is 1. The molecule has 0 radical (unpaired) electrons. The Morgan fingerprint density at radius 2 is 1.95 bits per heavy atom. The molecule has 3 rings (SSSR count). The van der Waals surface area contributed by atoms with E-state index in [0.717, 1.165) is 18.4 Å². The molecule has 1 saturated heterocycles. The van der Waals surface area contributed by atoms with E-state index in [1.807, 2.05) is 0 Å². The Morgan fingerprint density at radius 1 is 1.11 bits per heavy atom. The van der Waals surface area contributed by atoms with E-state index in [0.29, 0.717) is 6.10 Å². The average Bonchev–Trinajstić information content (AvgIpc) is 3.10. The van der Waals surface area contributed by atoms with Crippen molar-refractivity contribution in [2.24, 2.45) is 0 Å². The van der Waals surface area contributed by atoms with Crippen molar-refractivity contribution in [3.63, 3.8) is 0 Å². The molecule has 1 aromatic carbocycles. The van der Waals surface area contributed by atoms with Crippen molar-refractivity contribution in [2.75, 3.05) is 18.5 Å². The van der Waals surface area contributed by atoms with Crippen LogP contribution in [0.5, 0.6) is 0 Å². The fraction of sp³-hybridized carbons (Fsp3) is 0.625. The summed E-state index contributed by atoms with van der Waals surface area (Å²) in [7, 11) is 0. The van der Waals surface area contributed by atoms with Crippen LogP contribution in [0.4, 0.5) is 5.69 Å². The summed E-state index contributed by atoms with van der Waals surface area (Å²) in [6, 6.07) is 8.72. The first kappa shape index (κ1) is 13.3. The van der Waals surface area contributed by atoms with E-state index >= 15 is 0 Å². The fourth-order valence-corrected chi connectivity index (χ4v) is 4.28. The second kappa shape index (κ2) is 6.67. The van der Waals surface area contributed by atoms with Crippen LogP contribution in [-0.4, -0.2) is 24.5 Å². The maximum Gasteiger partial charge on any atom is 0.0748 e. The number of thioether (sulfide) groups is 1. The van der Waals surface area contributed by atoms with Crippen LogP contribution in [0, 0.1) is 0 Å². The lowest BCUT2D eigenvalue weighted by atomic mass is 10.2. The summed E-state index contributed by atoms with van der Waals surface area (Å²) in [6.07, 6.45) is 8.39. The van der Waals surface area contributed by atoms with Crippen LogP contribution in [-0.2, 0) is 4.74 Å². The van der Waals surface area contributed by atoms with Gasteiger partial charge in [0, 0.05) is 29.0 Å². The molecule has 1 aliphatic carbocycles. The number of rotatable bonds is 5. The summed E-state index contributed by atoms with van der Waals surface area (Å²) in [5.41, 5.74) is 1.29. The Balaban J connectivity index is 1.59. The molecule has 19 heavy (non-hydrogen) atoms. The lowest BCUT2D eigenvalue weighted by molar-refractivity contribution is 0.120. The van der Waals surface area contributed by atoms with Crippen LogP contribution in [0.2, 0.25) is 0 Å². The van der Waals surface area contributed by atoms with Gasteiger partial charge < -0.3 is 10.1 Å². The van der Waals surface area contributed by atoms with E-state index in [9.17, 15) is 0 Å². The van der Waals surface area contributed by atoms with Crippen LogP contribution in [0.25, 0.3) is 0 Å². The van der Waals surface area contributed by atoms with Gasteiger partial charge in [0.05, 0.1) is 6.10 Å². The van der Waals surface area contributed by atoms with Crippen LogP contribution in [0.1, 0.15) is 38.5 Å². The average molecular weight is 277 g/mol. The van der Waals surface area contributed by atoms with Crippen molar-refractivity contribution in [1.29, 1.82) is 0 Å². The van der Waals surface area contributed by atoms with E-state index in [1.165, 1.54) is 49.1 Å². The first-order valence-corrected chi connectivity index (χ1v) is 8.41. The molecule has 1 aliphatic heterocycles. The summed E-state index contributed by atoms with van der Waals surface area (Å²) in [5.74, 6) is 0. The van der Waals surface area contributed by atoms with Crippen molar-refractivity contribution in [3.05, 3.63) is 24.3 Å². The Morgan fingerprint density at radius 3 is 2.74 bits per heavy atom. The maximum absolute atomic E-state index is 5.68. The number of anilines is 1. The van der Waals surface area contributed by atoms with Gasteiger partial charge in [-0.3, -0.25) is 0 Å². The third kappa shape index (κ3) is 3.67. The van der Waals surface area contributed by atoms with Gasteiger partial charge in [-0.1, -0.05) is 25.0 Å². The minimum atomic E-state index is 0.407. The molecular weight excluding hydrogens is 254 g/mol. The van der Waals surface area contributed by atoms with E-state index in [4.69, 9.17) is 4.74 Å². The van der Waals surface area contributed by atoms with E-state index in [1.54, 1.807) is 0 Å². The summed E-state index contributed by atoms with van der Waals surface area (Å²) in [6.45, 7) is 1.88. The molecule has 0 aromatic heterocycles. The summed E-state index contributed by atoms with van der Waals surface area (Å²) in [5, 5.41) is 4.41. The zero-order valence-electron chi connectivity index (χ0n) is 11.4. The van der Waals surface area contributed by atoms with Crippen molar-refractivity contribution < 1.29 is 4.74 Å². The van der Waals surface area contributed by atoms with Gasteiger partial charge in [0.1, 0.15) is 0 Å². The fourth-order valence-electron chi connectivity index (χ4n) is 2.93. The Hall–Kier alpha value is -0.670. The van der Waals surface area contributed by atoms with Gasteiger partial charge in [-0.05, 0) is 37.8 Å². The quantitative estimate of drug-likeness (QED) is 0.866. The van der Waals surface area contributed by atoms with Crippen molar-refractivity contribution in [3.8, 4) is 0 Å². The SMILES string of the molecule is c1ccc(SC2CCCC2)c(NCC2CCCO2)c1. The molecule has 0 bridgehead atoms. The van der Waals surface area contributed by atoms with Crippen LogP contribution >= 0.6 is 11.8 Å². The lowest BCUT2D eigenvalue weighted by Crippen LogP contribution is -2.18. The number of ether oxygens (including phenoxy) is 1. The monoisotopic (exact) mass is 277 g/mol. The first-order chi connectivity index (χ1) is 9.42. The molecule has 1 N–H and O–H groups in total. The third-order valence-electron chi connectivity index (χ3n) is 4.03. The molecule has 1 unspecified atom stereocenters. The smallest absolute Gasteiger partial charge is 0.0748 e. The Bertz CT molecular complexity index is 397. The summed E-state index contributed by atoms with van der Waals surface area (Å²) >= 11 is 2.06. The zero-order chi connectivity index (χ0) is 12.9. The van der Waals surface area contributed by atoms with Gasteiger partial charge in [-0.2, -0.15) is 0 Å². The van der Waals surface area contributed by atoms with Crippen molar-refractivity contribution >= 4 is 17.4 Å². The highest BCUT2D eigenvalue weighted by Gasteiger charge is 2.19. The Kier molecular flexibility index (Phi) is 4.67. The van der Waals surface area contributed by atoms with E-state index < -0.39 is 0 Å². The molecule has 0 amide bonds. The Labute approximate surface area is 120 Å². The molecule has 1 heterocycles.